The van der Waals surface area contributed by atoms with E-state index in [0.29, 0.717) is 32.1 Å². The molecule has 1 saturated heterocycles. The van der Waals surface area contributed by atoms with Crippen LogP contribution >= 0.6 is 0 Å². The van der Waals surface area contributed by atoms with E-state index >= 15 is 0 Å². The molecule has 1 unspecified atom stereocenters. The average molecular weight is 319 g/mol. The molecule has 1 aromatic rings. The largest absolute Gasteiger partial charge is 0.354 e. The maximum atomic E-state index is 12.3. The Labute approximate surface area is 136 Å². The van der Waals surface area contributed by atoms with Crippen molar-refractivity contribution in [2.75, 3.05) is 13.1 Å². The standard InChI is InChI=1S/C16H25N5O2/c1-11-18-12(2)21(19-11)8-7-17-16(23)13-9-15(22)20(10-13)14-5-3-4-6-14/h13-14H,3-10H2,1-2H3,(H,17,23). The third kappa shape index (κ3) is 3.54. The molecule has 1 saturated carbocycles. The first-order chi connectivity index (χ1) is 11.0. The van der Waals surface area contributed by atoms with Gasteiger partial charge in [0, 0.05) is 25.6 Å². The van der Waals surface area contributed by atoms with Crippen molar-refractivity contribution < 1.29 is 9.59 Å². The van der Waals surface area contributed by atoms with Crippen molar-refractivity contribution in [1.29, 1.82) is 0 Å². The second kappa shape index (κ2) is 6.68. The lowest BCUT2D eigenvalue weighted by atomic mass is 10.1. The zero-order valence-corrected chi connectivity index (χ0v) is 13.9. The molecule has 0 bridgehead atoms. The molecule has 126 valence electrons. The molecule has 0 spiro atoms. The lowest BCUT2D eigenvalue weighted by molar-refractivity contribution is -0.130. The van der Waals surface area contributed by atoms with E-state index in [1.54, 1.807) is 4.68 Å². The van der Waals surface area contributed by atoms with E-state index < -0.39 is 0 Å². The van der Waals surface area contributed by atoms with Gasteiger partial charge < -0.3 is 10.2 Å². The van der Waals surface area contributed by atoms with Gasteiger partial charge in [-0.2, -0.15) is 5.10 Å². The Bertz CT molecular complexity index is 591. The zero-order valence-electron chi connectivity index (χ0n) is 13.9. The SMILES string of the molecule is Cc1nc(C)n(CCNC(=O)C2CC(=O)N(C3CCCC3)C2)n1. The van der Waals surface area contributed by atoms with E-state index in [1.165, 1.54) is 12.8 Å². The number of rotatable bonds is 5. The molecule has 1 aliphatic carbocycles. The van der Waals surface area contributed by atoms with Gasteiger partial charge >= 0.3 is 0 Å². The summed E-state index contributed by atoms with van der Waals surface area (Å²) in [6, 6.07) is 0.362. The van der Waals surface area contributed by atoms with Crippen LogP contribution in [0, 0.1) is 19.8 Å². The highest BCUT2D eigenvalue weighted by molar-refractivity contribution is 5.89. The second-order valence-electron chi connectivity index (χ2n) is 6.61. The number of hydrogen-bond donors (Lipinski definition) is 1. The summed E-state index contributed by atoms with van der Waals surface area (Å²) < 4.78 is 1.79. The molecule has 2 amide bonds. The summed E-state index contributed by atoms with van der Waals surface area (Å²) in [5, 5.41) is 7.21. The lowest BCUT2D eigenvalue weighted by Gasteiger charge is -2.23. The third-order valence-corrected chi connectivity index (χ3v) is 4.88. The number of nitrogens with one attached hydrogen (secondary N) is 1. The number of likely N-dealkylation sites (tertiary alicyclic amines) is 1. The normalized spacial score (nSPS) is 22.1. The zero-order chi connectivity index (χ0) is 16.4. The number of amides is 2. The van der Waals surface area contributed by atoms with Crippen molar-refractivity contribution >= 4 is 11.8 Å². The number of carbonyl (C=O) groups excluding carboxylic acids is 2. The van der Waals surface area contributed by atoms with Gasteiger partial charge in [0.05, 0.1) is 12.5 Å². The summed E-state index contributed by atoms with van der Waals surface area (Å²) >= 11 is 0. The minimum atomic E-state index is -0.207. The van der Waals surface area contributed by atoms with Gasteiger partial charge in [-0.05, 0) is 26.7 Å². The van der Waals surface area contributed by atoms with Crippen LogP contribution in [-0.2, 0) is 16.1 Å². The number of aryl methyl sites for hydroxylation is 2. The summed E-state index contributed by atoms with van der Waals surface area (Å²) in [6.07, 6.45) is 4.92. The van der Waals surface area contributed by atoms with E-state index in [1.807, 2.05) is 18.7 Å². The predicted molar refractivity (Wildman–Crippen MR) is 84.6 cm³/mol. The van der Waals surface area contributed by atoms with Crippen LogP contribution in [0.15, 0.2) is 0 Å². The Hall–Kier alpha value is -1.92. The minimum absolute atomic E-state index is 0.0201. The smallest absolute Gasteiger partial charge is 0.225 e. The fourth-order valence-electron chi connectivity index (χ4n) is 3.68. The van der Waals surface area contributed by atoms with Gasteiger partial charge in [0.15, 0.2) is 0 Å². The van der Waals surface area contributed by atoms with E-state index in [4.69, 9.17) is 0 Å². The first-order valence-electron chi connectivity index (χ1n) is 8.50. The lowest BCUT2D eigenvalue weighted by Crippen LogP contribution is -2.37. The summed E-state index contributed by atoms with van der Waals surface area (Å²) in [7, 11) is 0. The number of nitrogens with zero attached hydrogens (tertiary/aromatic N) is 4. The van der Waals surface area contributed by atoms with Crippen molar-refractivity contribution in [3.63, 3.8) is 0 Å². The molecule has 1 N–H and O–H groups in total. The van der Waals surface area contributed by atoms with Crippen LogP contribution in [-0.4, -0.2) is 50.6 Å². The first kappa shape index (κ1) is 16.0. The fraction of sp³-hybridized carbons (Fsp3) is 0.750. The quantitative estimate of drug-likeness (QED) is 0.870. The maximum Gasteiger partial charge on any atom is 0.225 e. The molecule has 7 heteroatoms. The maximum absolute atomic E-state index is 12.3. The van der Waals surface area contributed by atoms with Gasteiger partial charge in [-0.1, -0.05) is 12.8 Å². The number of carbonyl (C=O) groups is 2. The number of hydrogen-bond acceptors (Lipinski definition) is 4. The molecule has 2 heterocycles. The highest BCUT2D eigenvalue weighted by Gasteiger charge is 2.38. The Morgan fingerprint density at radius 2 is 2.04 bits per heavy atom. The second-order valence-corrected chi connectivity index (χ2v) is 6.61. The first-order valence-corrected chi connectivity index (χ1v) is 8.50. The minimum Gasteiger partial charge on any atom is -0.354 e. The molecule has 7 nitrogen and oxygen atoms in total. The molecular weight excluding hydrogens is 294 g/mol. The van der Waals surface area contributed by atoms with Crippen molar-refractivity contribution in [2.45, 2.75) is 58.5 Å². The summed E-state index contributed by atoms with van der Waals surface area (Å²) in [5.41, 5.74) is 0. The molecule has 2 fully saturated rings. The van der Waals surface area contributed by atoms with E-state index in [-0.39, 0.29) is 17.7 Å². The monoisotopic (exact) mass is 319 g/mol. The van der Waals surface area contributed by atoms with E-state index in [9.17, 15) is 9.59 Å². The van der Waals surface area contributed by atoms with Gasteiger partial charge in [-0.15, -0.1) is 0 Å². The van der Waals surface area contributed by atoms with Gasteiger partial charge in [-0.3, -0.25) is 9.59 Å². The van der Waals surface area contributed by atoms with E-state index in [2.05, 4.69) is 15.4 Å². The van der Waals surface area contributed by atoms with Crippen LogP contribution in [0.5, 0.6) is 0 Å². The Kier molecular flexibility index (Phi) is 4.63. The van der Waals surface area contributed by atoms with Crippen molar-refractivity contribution in [1.82, 2.24) is 25.0 Å². The molecule has 1 aromatic heterocycles. The van der Waals surface area contributed by atoms with Gasteiger partial charge in [0.25, 0.3) is 0 Å². The molecule has 3 rings (SSSR count). The fourth-order valence-corrected chi connectivity index (χ4v) is 3.68. The Morgan fingerprint density at radius 3 is 2.70 bits per heavy atom. The van der Waals surface area contributed by atoms with Crippen LogP contribution in [0.3, 0.4) is 0 Å². The Morgan fingerprint density at radius 1 is 1.30 bits per heavy atom. The highest BCUT2D eigenvalue weighted by Crippen LogP contribution is 2.29. The van der Waals surface area contributed by atoms with Crippen LogP contribution < -0.4 is 5.32 Å². The van der Waals surface area contributed by atoms with Gasteiger partial charge in [0.2, 0.25) is 11.8 Å². The highest BCUT2D eigenvalue weighted by atomic mass is 16.2. The molecule has 0 radical (unpaired) electrons. The summed E-state index contributed by atoms with van der Waals surface area (Å²) in [4.78, 5) is 30.6. The Balaban J connectivity index is 1.47. The van der Waals surface area contributed by atoms with Gasteiger partial charge in [0.1, 0.15) is 11.6 Å². The molecule has 2 aliphatic rings. The molecule has 23 heavy (non-hydrogen) atoms. The summed E-state index contributed by atoms with van der Waals surface area (Å²) in [6.45, 7) is 5.44. The number of aromatic nitrogens is 3. The van der Waals surface area contributed by atoms with Crippen LogP contribution in [0.2, 0.25) is 0 Å². The predicted octanol–water partition coefficient (Wildman–Crippen LogP) is 0.802. The van der Waals surface area contributed by atoms with Crippen LogP contribution in [0.1, 0.15) is 43.8 Å². The van der Waals surface area contributed by atoms with Crippen molar-refractivity contribution in [2.24, 2.45) is 5.92 Å². The summed E-state index contributed by atoms with van der Waals surface area (Å²) in [5.74, 6) is 1.50. The molecule has 0 aromatic carbocycles. The van der Waals surface area contributed by atoms with Crippen molar-refractivity contribution in [3.8, 4) is 0 Å². The molecule has 1 aliphatic heterocycles. The third-order valence-electron chi connectivity index (χ3n) is 4.88. The van der Waals surface area contributed by atoms with Crippen LogP contribution in [0.4, 0.5) is 0 Å². The van der Waals surface area contributed by atoms with Crippen LogP contribution in [0.25, 0.3) is 0 Å². The van der Waals surface area contributed by atoms with E-state index in [0.717, 1.165) is 24.5 Å². The van der Waals surface area contributed by atoms with Gasteiger partial charge in [-0.25, -0.2) is 9.67 Å². The topological polar surface area (TPSA) is 80.1 Å². The molecule has 1 atom stereocenters. The van der Waals surface area contributed by atoms with Crippen molar-refractivity contribution in [3.05, 3.63) is 11.6 Å². The average Bonchev–Trinajstić information content (AvgIpc) is 3.20. The molecular formula is C16H25N5O2.